The van der Waals surface area contributed by atoms with Crippen molar-refractivity contribution in [2.45, 2.75) is 52.4 Å². The van der Waals surface area contributed by atoms with Crippen LogP contribution in [0.4, 0.5) is 16.2 Å². The first-order chi connectivity index (χ1) is 22.9. The van der Waals surface area contributed by atoms with Crippen LogP contribution in [0.25, 0.3) is 4.96 Å². The van der Waals surface area contributed by atoms with Gasteiger partial charge in [0.1, 0.15) is 30.7 Å². The summed E-state index contributed by atoms with van der Waals surface area (Å²) in [7, 11) is 0. The Balaban J connectivity index is 1.32. The number of nitrogens with zero attached hydrogens (tertiary/aromatic N) is 3. The van der Waals surface area contributed by atoms with Crippen molar-refractivity contribution in [2.24, 2.45) is 0 Å². The molecular formula is C34H35N6O7S+. The van der Waals surface area contributed by atoms with E-state index in [2.05, 4.69) is 16.0 Å². The number of nitro groups is 1. The molecule has 14 heteroatoms. The molecule has 2 aromatic heterocycles. The number of nitrogens with one attached hydrogen (secondary N) is 3. The molecule has 0 aliphatic heterocycles. The predicted molar refractivity (Wildman–Crippen MR) is 179 cm³/mol. The maximum Gasteiger partial charge on any atom is 0.346 e. The molecule has 5 aromatic rings. The van der Waals surface area contributed by atoms with Crippen molar-refractivity contribution in [3.63, 3.8) is 0 Å². The first-order valence-electron chi connectivity index (χ1n) is 15.1. The fourth-order valence-electron chi connectivity index (χ4n) is 5.05. The lowest BCUT2D eigenvalue weighted by Crippen LogP contribution is -2.49. The number of anilines is 1. The number of imidazole rings is 1. The van der Waals surface area contributed by atoms with Gasteiger partial charge in [0.05, 0.1) is 23.1 Å². The van der Waals surface area contributed by atoms with E-state index in [9.17, 15) is 29.6 Å². The molecule has 0 saturated carbocycles. The molecule has 0 aliphatic carbocycles. The minimum absolute atomic E-state index is 0.00763. The summed E-state index contributed by atoms with van der Waals surface area (Å²) in [6.45, 7) is 5.95. The van der Waals surface area contributed by atoms with E-state index in [0.29, 0.717) is 23.4 Å². The van der Waals surface area contributed by atoms with E-state index in [-0.39, 0.29) is 30.5 Å². The van der Waals surface area contributed by atoms with Gasteiger partial charge in [0, 0.05) is 34.7 Å². The minimum atomic E-state index is -0.994. The SMILES string of the molecule is Cc1c[n+]2cc(CNC(=O)[C@H](Cc3ccc(O)cc3)NC(=O)Nc3ccc(C(=O)OC(C)C)cc3)n(Cc3cccc([N+](=O)[O-])c3)c2s1. The molecule has 0 aliphatic rings. The molecule has 0 bridgehead atoms. The van der Waals surface area contributed by atoms with Crippen LogP contribution in [0.15, 0.2) is 85.2 Å². The number of nitro benzene ring substituents is 1. The first kappa shape index (κ1) is 33.6. The van der Waals surface area contributed by atoms with Crippen LogP contribution in [0, 0.1) is 17.0 Å². The number of hydrogen-bond donors (Lipinski definition) is 4. The molecule has 2 heterocycles. The number of phenolic OH excluding ortho intramolecular Hbond substituents is 1. The average Bonchev–Trinajstić information content (AvgIpc) is 3.56. The molecule has 5 rings (SSSR count). The van der Waals surface area contributed by atoms with Crippen molar-refractivity contribution >= 4 is 45.6 Å². The Bertz CT molecular complexity index is 1950. The van der Waals surface area contributed by atoms with E-state index in [0.717, 1.165) is 21.1 Å². The lowest BCUT2D eigenvalue weighted by atomic mass is 10.0. The number of carbonyl (C=O) groups excluding carboxylic acids is 3. The van der Waals surface area contributed by atoms with Crippen LogP contribution < -0.4 is 20.4 Å². The molecule has 0 unspecified atom stereocenters. The van der Waals surface area contributed by atoms with E-state index in [1.54, 1.807) is 55.5 Å². The van der Waals surface area contributed by atoms with Crippen LogP contribution in [0.5, 0.6) is 5.75 Å². The smallest absolute Gasteiger partial charge is 0.346 e. The summed E-state index contributed by atoms with van der Waals surface area (Å²) in [5.74, 6) is -0.850. The second-order valence-corrected chi connectivity index (χ2v) is 12.6. The molecule has 3 amide bonds. The number of phenols is 1. The maximum absolute atomic E-state index is 13.6. The zero-order valence-corrected chi connectivity index (χ0v) is 27.3. The molecule has 1 atom stereocenters. The van der Waals surface area contributed by atoms with Crippen molar-refractivity contribution in [2.75, 3.05) is 5.32 Å². The molecule has 248 valence electrons. The number of ether oxygens (including phenoxy) is 1. The van der Waals surface area contributed by atoms with Gasteiger partial charge in [0.15, 0.2) is 5.69 Å². The number of non-ortho nitro benzene ring substituents is 1. The van der Waals surface area contributed by atoms with Gasteiger partial charge in [-0.05, 0) is 62.7 Å². The third-order valence-corrected chi connectivity index (χ3v) is 8.33. The predicted octanol–water partition coefficient (Wildman–Crippen LogP) is 4.87. The Kier molecular flexibility index (Phi) is 10.3. The van der Waals surface area contributed by atoms with E-state index in [1.165, 1.54) is 36.4 Å². The summed E-state index contributed by atoms with van der Waals surface area (Å²) in [5.41, 5.74) is 2.93. The van der Waals surface area contributed by atoms with Crippen molar-refractivity contribution < 1.29 is 33.6 Å². The summed E-state index contributed by atoms with van der Waals surface area (Å²) >= 11 is 1.55. The van der Waals surface area contributed by atoms with Crippen molar-refractivity contribution in [3.05, 3.63) is 123 Å². The molecule has 48 heavy (non-hydrogen) atoms. The van der Waals surface area contributed by atoms with Gasteiger partial charge in [-0.3, -0.25) is 14.9 Å². The van der Waals surface area contributed by atoms with Gasteiger partial charge < -0.3 is 25.8 Å². The lowest BCUT2D eigenvalue weighted by Gasteiger charge is -2.19. The Morgan fingerprint density at radius 3 is 2.44 bits per heavy atom. The molecule has 0 saturated heterocycles. The van der Waals surface area contributed by atoms with Gasteiger partial charge in [-0.25, -0.2) is 14.2 Å². The topological polar surface area (TPSA) is 169 Å². The highest BCUT2D eigenvalue weighted by molar-refractivity contribution is 7.16. The third kappa shape index (κ3) is 8.53. The van der Waals surface area contributed by atoms with Crippen LogP contribution in [0.2, 0.25) is 0 Å². The standard InChI is InChI=1S/C34H34N6O7S/c1-21(2)47-32(43)25-9-11-26(12-10-25)36-33(44)37-30(16-23-7-13-29(41)14-8-23)31(42)35-17-28-20-38-18-22(3)48-34(38)39(28)19-24-5-4-6-27(15-24)40(45)46/h4-15,18,20-21,30H,16-17,19H2,1-3H3,(H3-,35,36,37,41,42,43,44)/p+1/t30-/m0/s1. The minimum Gasteiger partial charge on any atom is -0.508 e. The summed E-state index contributed by atoms with van der Waals surface area (Å²) in [4.78, 5) is 51.8. The highest BCUT2D eigenvalue weighted by Crippen LogP contribution is 2.20. The van der Waals surface area contributed by atoms with Gasteiger partial charge in [-0.2, -0.15) is 4.40 Å². The van der Waals surface area contributed by atoms with Crippen LogP contribution in [-0.2, 0) is 29.0 Å². The number of amides is 3. The summed E-state index contributed by atoms with van der Waals surface area (Å²) in [6, 6.07) is 17.3. The number of urea groups is 1. The monoisotopic (exact) mass is 671 g/mol. The Hall–Kier alpha value is -5.76. The second kappa shape index (κ2) is 14.8. The molecule has 0 radical (unpaired) electrons. The summed E-state index contributed by atoms with van der Waals surface area (Å²) in [6.07, 6.45) is 3.73. The fourth-order valence-corrected chi connectivity index (χ4v) is 6.01. The molecule has 13 nitrogen and oxygen atoms in total. The fraction of sp³-hybridized carbons (Fsp3) is 0.235. The maximum atomic E-state index is 13.6. The number of esters is 1. The highest BCUT2D eigenvalue weighted by Gasteiger charge is 2.25. The van der Waals surface area contributed by atoms with Crippen molar-refractivity contribution in [3.8, 4) is 5.75 Å². The van der Waals surface area contributed by atoms with Crippen LogP contribution >= 0.6 is 11.3 Å². The summed E-state index contributed by atoms with van der Waals surface area (Å²) < 4.78 is 9.14. The zero-order chi connectivity index (χ0) is 34.4. The normalized spacial score (nSPS) is 11.7. The largest absolute Gasteiger partial charge is 0.508 e. The Morgan fingerprint density at radius 2 is 1.75 bits per heavy atom. The average molecular weight is 672 g/mol. The van der Waals surface area contributed by atoms with Gasteiger partial charge in [0.25, 0.3) is 5.69 Å². The first-order valence-corrected chi connectivity index (χ1v) is 15.9. The van der Waals surface area contributed by atoms with Gasteiger partial charge in [-0.15, -0.1) is 0 Å². The van der Waals surface area contributed by atoms with E-state index < -0.39 is 28.9 Å². The molecule has 0 fully saturated rings. The Labute approximate surface area is 280 Å². The number of rotatable bonds is 12. The molecule has 3 aromatic carbocycles. The number of hydrogen-bond acceptors (Lipinski definition) is 8. The lowest BCUT2D eigenvalue weighted by molar-refractivity contribution is -0.506. The molecule has 4 N–H and O–H groups in total. The van der Waals surface area contributed by atoms with E-state index >= 15 is 0 Å². The van der Waals surface area contributed by atoms with Gasteiger partial charge in [-0.1, -0.05) is 35.6 Å². The second-order valence-electron chi connectivity index (χ2n) is 11.4. The van der Waals surface area contributed by atoms with Crippen LogP contribution in [0.3, 0.4) is 0 Å². The number of aromatic hydroxyl groups is 1. The summed E-state index contributed by atoms with van der Waals surface area (Å²) in [5, 5.41) is 29.5. The number of fused-ring (bicyclic) bond motifs is 1. The Morgan fingerprint density at radius 1 is 1.02 bits per heavy atom. The van der Waals surface area contributed by atoms with E-state index in [1.807, 2.05) is 34.4 Å². The van der Waals surface area contributed by atoms with Gasteiger partial charge >= 0.3 is 17.0 Å². The zero-order valence-electron chi connectivity index (χ0n) is 26.5. The van der Waals surface area contributed by atoms with E-state index in [4.69, 9.17) is 4.74 Å². The highest BCUT2D eigenvalue weighted by atomic mass is 32.1. The van der Waals surface area contributed by atoms with Crippen molar-refractivity contribution in [1.82, 2.24) is 15.2 Å². The van der Waals surface area contributed by atoms with Crippen molar-refractivity contribution in [1.29, 1.82) is 0 Å². The van der Waals surface area contributed by atoms with Gasteiger partial charge in [0.2, 0.25) is 5.91 Å². The quantitative estimate of drug-likeness (QED) is 0.0635. The van der Waals surface area contributed by atoms with Crippen LogP contribution in [-0.4, -0.2) is 44.7 Å². The number of thiazole rings is 1. The number of carbonyl (C=O) groups is 3. The number of aromatic nitrogens is 2. The molecular weight excluding hydrogens is 636 g/mol. The number of aryl methyl sites for hydroxylation is 1. The number of benzene rings is 3. The van der Waals surface area contributed by atoms with Crippen LogP contribution in [0.1, 0.15) is 45.9 Å². The third-order valence-electron chi connectivity index (χ3n) is 7.28. The molecule has 0 spiro atoms.